The molecular formula is C16H24N2O. The first-order valence-corrected chi connectivity index (χ1v) is 7.56. The topological polar surface area (TPSA) is 38.5 Å². The average Bonchev–Trinajstić information content (AvgIpc) is 2.81. The zero-order chi connectivity index (χ0) is 13.1. The van der Waals surface area contributed by atoms with Gasteiger partial charge in [0.1, 0.15) is 12.4 Å². The maximum Gasteiger partial charge on any atom is 0.119 e. The third-order valence-electron chi connectivity index (χ3n) is 4.36. The highest BCUT2D eigenvalue weighted by atomic mass is 16.5. The van der Waals surface area contributed by atoms with E-state index in [2.05, 4.69) is 23.1 Å². The average molecular weight is 260 g/mol. The lowest BCUT2D eigenvalue weighted by atomic mass is 10.1. The molecule has 2 N–H and O–H groups in total. The van der Waals surface area contributed by atoms with E-state index in [9.17, 15) is 0 Å². The van der Waals surface area contributed by atoms with Crippen LogP contribution in [0.1, 0.15) is 42.9 Å². The van der Waals surface area contributed by atoms with E-state index in [-0.39, 0.29) is 6.04 Å². The molecule has 3 heteroatoms. The number of hydrogen-bond acceptors (Lipinski definition) is 3. The number of piperidine rings is 1. The predicted octanol–water partition coefficient (Wildman–Crippen LogP) is 2.50. The summed E-state index contributed by atoms with van der Waals surface area (Å²) in [5, 5.41) is 0. The number of hydrogen-bond donors (Lipinski definition) is 1. The Labute approximate surface area is 115 Å². The molecule has 1 heterocycles. The van der Waals surface area contributed by atoms with Crippen molar-refractivity contribution < 1.29 is 4.74 Å². The van der Waals surface area contributed by atoms with Crippen LogP contribution < -0.4 is 10.5 Å². The maximum atomic E-state index is 6.05. The minimum absolute atomic E-state index is 0.234. The summed E-state index contributed by atoms with van der Waals surface area (Å²) in [7, 11) is 0. The molecule has 1 aromatic carbocycles. The molecule has 1 atom stereocenters. The lowest BCUT2D eigenvalue weighted by Gasteiger charge is -2.26. The van der Waals surface area contributed by atoms with Crippen molar-refractivity contribution in [1.29, 1.82) is 0 Å². The van der Waals surface area contributed by atoms with Crippen molar-refractivity contribution >= 4 is 0 Å². The molecule has 3 rings (SSSR count). The van der Waals surface area contributed by atoms with Crippen LogP contribution in [-0.2, 0) is 6.42 Å². The Bertz CT molecular complexity index is 427. The number of fused-ring (bicyclic) bond motifs is 1. The molecule has 1 fully saturated rings. The Kier molecular flexibility index (Phi) is 4.04. The van der Waals surface area contributed by atoms with E-state index in [1.807, 2.05) is 0 Å². The molecule has 0 amide bonds. The van der Waals surface area contributed by atoms with Crippen LogP contribution in [0.25, 0.3) is 0 Å². The minimum Gasteiger partial charge on any atom is -0.492 e. The molecule has 1 saturated heterocycles. The van der Waals surface area contributed by atoms with E-state index < -0.39 is 0 Å². The van der Waals surface area contributed by atoms with Crippen molar-refractivity contribution in [3.8, 4) is 5.75 Å². The maximum absolute atomic E-state index is 6.05. The Morgan fingerprint density at radius 1 is 1.21 bits per heavy atom. The fourth-order valence-corrected chi connectivity index (χ4v) is 3.19. The molecule has 1 aliphatic heterocycles. The van der Waals surface area contributed by atoms with E-state index in [1.165, 1.54) is 43.5 Å². The number of likely N-dealkylation sites (tertiary alicyclic amines) is 1. The van der Waals surface area contributed by atoms with E-state index in [0.717, 1.165) is 31.7 Å². The van der Waals surface area contributed by atoms with Crippen molar-refractivity contribution in [3.05, 3.63) is 29.3 Å². The van der Waals surface area contributed by atoms with Crippen molar-refractivity contribution in [2.24, 2.45) is 5.73 Å². The summed E-state index contributed by atoms with van der Waals surface area (Å²) in [6.45, 7) is 4.33. The van der Waals surface area contributed by atoms with Crippen molar-refractivity contribution in [3.63, 3.8) is 0 Å². The smallest absolute Gasteiger partial charge is 0.119 e. The van der Waals surface area contributed by atoms with Crippen LogP contribution in [0.3, 0.4) is 0 Å². The molecule has 0 spiro atoms. The molecule has 1 aliphatic carbocycles. The van der Waals surface area contributed by atoms with Gasteiger partial charge in [-0.25, -0.2) is 0 Å². The molecule has 19 heavy (non-hydrogen) atoms. The van der Waals surface area contributed by atoms with Crippen LogP contribution in [0, 0.1) is 0 Å². The van der Waals surface area contributed by atoms with Gasteiger partial charge in [-0.3, -0.25) is 4.90 Å². The van der Waals surface area contributed by atoms with Gasteiger partial charge in [0.2, 0.25) is 0 Å². The summed E-state index contributed by atoms with van der Waals surface area (Å²) in [6, 6.07) is 6.62. The predicted molar refractivity (Wildman–Crippen MR) is 77.5 cm³/mol. The molecule has 104 valence electrons. The van der Waals surface area contributed by atoms with Gasteiger partial charge in [-0.1, -0.05) is 12.5 Å². The van der Waals surface area contributed by atoms with Crippen LogP contribution in [-0.4, -0.2) is 31.1 Å². The van der Waals surface area contributed by atoms with Crippen LogP contribution in [0.5, 0.6) is 5.75 Å². The molecule has 0 bridgehead atoms. The number of rotatable bonds is 4. The van der Waals surface area contributed by atoms with Gasteiger partial charge >= 0.3 is 0 Å². The molecule has 1 aromatic rings. The monoisotopic (exact) mass is 260 g/mol. The lowest BCUT2D eigenvalue weighted by molar-refractivity contribution is 0.183. The standard InChI is InChI=1S/C16H24N2O/c17-16-7-4-13-12-14(5-6-15(13)16)19-11-10-18-8-2-1-3-9-18/h5-6,12,16H,1-4,7-11,17H2. The van der Waals surface area contributed by atoms with E-state index >= 15 is 0 Å². The van der Waals surface area contributed by atoms with Gasteiger partial charge < -0.3 is 10.5 Å². The summed E-state index contributed by atoms with van der Waals surface area (Å²) >= 11 is 0. The van der Waals surface area contributed by atoms with Gasteiger partial charge in [-0.05, 0) is 62.0 Å². The highest BCUT2D eigenvalue weighted by Gasteiger charge is 2.19. The zero-order valence-corrected chi connectivity index (χ0v) is 11.6. The van der Waals surface area contributed by atoms with E-state index in [0.29, 0.717) is 0 Å². The highest BCUT2D eigenvalue weighted by molar-refractivity contribution is 5.40. The molecule has 1 unspecified atom stereocenters. The molecule has 0 saturated carbocycles. The van der Waals surface area contributed by atoms with Crippen LogP contribution in [0.4, 0.5) is 0 Å². The van der Waals surface area contributed by atoms with Crippen molar-refractivity contribution in [2.45, 2.75) is 38.1 Å². The fraction of sp³-hybridized carbons (Fsp3) is 0.625. The molecule has 3 nitrogen and oxygen atoms in total. The zero-order valence-electron chi connectivity index (χ0n) is 11.6. The first kappa shape index (κ1) is 12.9. The summed E-state index contributed by atoms with van der Waals surface area (Å²) in [5.74, 6) is 1.00. The summed E-state index contributed by atoms with van der Waals surface area (Å²) in [6.07, 6.45) is 6.25. The Balaban J connectivity index is 1.50. The second-order valence-corrected chi connectivity index (χ2v) is 5.76. The molecule has 0 radical (unpaired) electrons. The van der Waals surface area contributed by atoms with Crippen molar-refractivity contribution in [1.82, 2.24) is 4.90 Å². The van der Waals surface area contributed by atoms with Gasteiger partial charge in [0, 0.05) is 12.6 Å². The van der Waals surface area contributed by atoms with Gasteiger partial charge in [-0.15, -0.1) is 0 Å². The first-order chi connectivity index (χ1) is 9.33. The Morgan fingerprint density at radius 2 is 2.05 bits per heavy atom. The van der Waals surface area contributed by atoms with Crippen LogP contribution in [0.2, 0.25) is 0 Å². The summed E-state index contributed by atoms with van der Waals surface area (Å²) < 4.78 is 5.89. The second kappa shape index (κ2) is 5.93. The second-order valence-electron chi connectivity index (χ2n) is 5.76. The fourth-order valence-electron chi connectivity index (χ4n) is 3.19. The minimum atomic E-state index is 0.234. The van der Waals surface area contributed by atoms with Gasteiger partial charge in [0.25, 0.3) is 0 Å². The lowest BCUT2D eigenvalue weighted by Crippen LogP contribution is -2.33. The number of aryl methyl sites for hydroxylation is 1. The summed E-state index contributed by atoms with van der Waals surface area (Å²) in [5.41, 5.74) is 8.73. The van der Waals surface area contributed by atoms with Gasteiger partial charge in [-0.2, -0.15) is 0 Å². The molecular weight excluding hydrogens is 236 g/mol. The SMILES string of the molecule is NC1CCc2cc(OCCN3CCCCC3)ccc21. The third-order valence-corrected chi connectivity index (χ3v) is 4.36. The normalized spacial score (nSPS) is 23.3. The van der Waals surface area contributed by atoms with E-state index in [1.54, 1.807) is 0 Å². The summed E-state index contributed by atoms with van der Waals surface area (Å²) in [4.78, 5) is 2.51. The number of ether oxygens (including phenoxy) is 1. The third kappa shape index (κ3) is 3.10. The van der Waals surface area contributed by atoms with Gasteiger partial charge in [0.15, 0.2) is 0 Å². The van der Waals surface area contributed by atoms with Crippen LogP contribution in [0.15, 0.2) is 18.2 Å². The number of nitrogens with two attached hydrogens (primary N) is 1. The quantitative estimate of drug-likeness (QED) is 0.904. The number of benzene rings is 1. The Morgan fingerprint density at radius 3 is 2.89 bits per heavy atom. The van der Waals surface area contributed by atoms with E-state index in [4.69, 9.17) is 10.5 Å². The number of nitrogens with zero attached hydrogens (tertiary/aromatic N) is 1. The first-order valence-electron chi connectivity index (χ1n) is 7.56. The van der Waals surface area contributed by atoms with Gasteiger partial charge in [0.05, 0.1) is 0 Å². The highest BCUT2D eigenvalue weighted by Crippen LogP contribution is 2.31. The molecule has 0 aromatic heterocycles. The van der Waals surface area contributed by atoms with Crippen LogP contribution >= 0.6 is 0 Å². The largest absolute Gasteiger partial charge is 0.492 e. The Hall–Kier alpha value is -1.06. The molecule has 2 aliphatic rings. The van der Waals surface area contributed by atoms with Crippen molar-refractivity contribution in [2.75, 3.05) is 26.2 Å².